The van der Waals surface area contributed by atoms with Gasteiger partial charge in [0, 0.05) is 19.6 Å². The van der Waals surface area contributed by atoms with Crippen LogP contribution in [0.1, 0.15) is 36.2 Å². The van der Waals surface area contributed by atoms with Crippen molar-refractivity contribution in [1.29, 1.82) is 0 Å². The predicted molar refractivity (Wildman–Crippen MR) is 89.6 cm³/mol. The van der Waals surface area contributed by atoms with E-state index in [2.05, 4.69) is 21.4 Å². The normalized spacial score (nSPS) is 15.7. The molecule has 1 amide bonds. The highest BCUT2D eigenvalue weighted by atomic mass is 16.5. The third-order valence-corrected chi connectivity index (χ3v) is 3.77. The Labute approximate surface area is 138 Å². The first-order valence-electron chi connectivity index (χ1n) is 8.13. The van der Waals surface area contributed by atoms with Crippen LogP contribution in [0.25, 0.3) is 0 Å². The summed E-state index contributed by atoms with van der Waals surface area (Å²) in [6, 6.07) is 0. The maximum Gasteiger partial charge on any atom is 0.274 e. The molecule has 1 atom stereocenters. The lowest BCUT2D eigenvalue weighted by Gasteiger charge is -2.22. The zero-order valence-electron chi connectivity index (χ0n) is 14.1. The minimum atomic E-state index is -0.0595. The number of aromatic nitrogens is 2. The molecule has 1 aliphatic heterocycles. The Morgan fingerprint density at radius 2 is 2.17 bits per heavy atom. The number of amides is 1. The monoisotopic (exact) mass is 318 g/mol. The molecule has 1 aromatic rings. The van der Waals surface area contributed by atoms with Crippen LogP contribution in [-0.4, -0.2) is 65.5 Å². The predicted octanol–water partition coefficient (Wildman–Crippen LogP) is 1.99. The number of allylic oxidation sites excluding steroid dienone is 1. The number of ether oxygens (including phenoxy) is 1. The van der Waals surface area contributed by atoms with Crippen molar-refractivity contribution in [2.45, 2.75) is 31.8 Å². The van der Waals surface area contributed by atoms with Crippen LogP contribution in [0, 0.1) is 0 Å². The van der Waals surface area contributed by atoms with Gasteiger partial charge in [0.1, 0.15) is 6.10 Å². The van der Waals surface area contributed by atoms with Gasteiger partial charge in [-0.15, -0.1) is 6.58 Å². The zero-order chi connectivity index (χ0) is 16.7. The van der Waals surface area contributed by atoms with Crippen molar-refractivity contribution in [3.63, 3.8) is 0 Å². The summed E-state index contributed by atoms with van der Waals surface area (Å²) in [7, 11) is 4.01. The molecule has 6 heteroatoms. The summed E-state index contributed by atoms with van der Waals surface area (Å²) in [5.41, 5.74) is 0.358. The first-order valence-corrected chi connectivity index (χ1v) is 8.13. The second-order valence-electron chi connectivity index (χ2n) is 6.11. The van der Waals surface area contributed by atoms with Gasteiger partial charge in [-0.3, -0.25) is 9.78 Å². The van der Waals surface area contributed by atoms with Crippen LogP contribution >= 0.6 is 0 Å². The van der Waals surface area contributed by atoms with Crippen LogP contribution in [0.3, 0.4) is 0 Å². The van der Waals surface area contributed by atoms with Gasteiger partial charge in [-0.2, -0.15) is 0 Å². The van der Waals surface area contributed by atoms with Crippen molar-refractivity contribution < 1.29 is 9.53 Å². The van der Waals surface area contributed by atoms with Crippen LogP contribution in [-0.2, 0) is 0 Å². The lowest BCUT2D eigenvalue weighted by atomic mass is 10.2. The van der Waals surface area contributed by atoms with E-state index in [9.17, 15) is 4.79 Å². The van der Waals surface area contributed by atoms with E-state index in [1.54, 1.807) is 6.20 Å². The van der Waals surface area contributed by atoms with Crippen molar-refractivity contribution in [1.82, 2.24) is 19.8 Å². The molecule has 0 unspecified atom stereocenters. The fraction of sp³-hybridized carbons (Fsp3) is 0.588. The van der Waals surface area contributed by atoms with Crippen LogP contribution < -0.4 is 4.74 Å². The van der Waals surface area contributed by atoms with Crippen molar-refractivity contribution in [2.24, 2.45) is 0 Å². The molecule has 6 nitrogen and oxygen atoms in total. The zero-order valence-corrected chi connectivity index (χ0v) is 14.1. The molecule has 2 heterocycles. The van der Waals surface area contributed by atoms with E-state index in [0.717, 1.165) is 45.3 Å². The maximum atomic E-state index is 12.4. The van der Waals surface area contributed by atoms with Gasteiger partial charge in [0.05, 0.1) is 12.4 Å². The van der Waals surface area contributed by atoms with Gasteiger partial charge in [-0.25, -0.2) is 4.98 Å². The Bertz CT molecular complexity index is 527. The van der Waals surface area contributed by atoms with Crippen molar-refractivity contribution in [3.8, 4) is 5.88 Å². The van der Waals surface area contributed by atoms with Crippen LogP contribution in [0.2, 0.25) is 0 Å². The first kappa shape index (κ1) is 17.4. The molecule has 1 aromatic heterocycles. The van der Waals surface area contributed by atoms with E-state index in [4.69, 9.17) is 4.74 Å². The fourth-order valence-corrected chi connectivity index (χ4v) is 2.66. The lowest BCUT2D eigenvalue weighted by molar-refractivity contribution is 0.0783. The summed E-state index contributed by atoms with van der Waals surface area (Å²) in [5.74, 6) is 0.349. The van der Waals surface area contributed by atoms with Gasteiger partial charge in [0.25, 0.3) is 5.91 Å². The molecule has 0 aliphatic carbocycles. The number of likely N-dealkylation sites (N-methyl/N-ethyl adjacent to an activating group) is 1. The van der Waals surface area contributed by atoms with Crippen LogP contribution in [0.5, 0.6) is 5.88 Å². The summed E-state index contributed by atoms with van der Waals surface area (Å²) in [6.07, 6.45) is 8.80. The molecule has 0 bridgehead atoms. The Morgan fingerprint density at radius 3 is 2.83 bits per heavy atom. The average Bonchev–Trinajstić information content (AvgIpc) is 3.06. The number of carbonyl (C=O) groups is 1. The summed E-state index contributed by atoms with van der Waals surface area (Å²) in [6.45, 7) is 6.13. The molecule has 1 fully saturated rings. The standard InChI is InChI=1S/C17H26N4O2/c1-4-5-8-14(13-20(2)3)23-16-12-18-11-15(19-16)17(22)21-9-6-7-10-21/h4,11-12,14H,1,5-10,13H2,2-3H3/t14-/m1/s1. The molecular weight excluding hydrogens is 292 g/mol. The van der Waals surface area contributed by atoms with Crippen LogP contribution in [0.15, 0.2) is 25.0 Å². The van der Waals surface area contributed by atoms with Crippen molar-refractivity contribution in [3.05, 3.63) is 30.7 Å². The van der Waals surface area contributed by atoms with Gasteiger partial charge in [-0.1, -0.05) is 6.08 Å². The van der Waals surface area contributed by atoms with E-state index >= 15 is 0 Å². The van der Waals surface area contributed by atoms with E-state index in [1.807, 2.05) is 25.1 Å². The largest absolute Gasteiger partial charge is 0.472 e. The highest BCUT2D eigenvalue weighted by Crippen LogP contribution is 2.15. The Morgan fingerprint density at radius 1 is 1.43 bits per heavy atom. The van der Waals surface area contributed by atoms with E-state index in [0.29, 0.717) is 11.6 Å². The molecule has 0 radical (unpaired) electrons. The van der Waals surface area contributed by atoms with Crippen molar-refractivity contribution >= 4 is 5.91 Å². The maximum absolute atomic E-state index is 12.4. The van der Waals surface area contributed by atoms with E-state index in [1.165, 1.54) is 6.20 Å². The van der Waals surface area contributed by atoms with E-state index in [-0.39, 0.29) is 12.0 Å². The number of hydrogen-bond donors (Lipinski definition) is 0. The number of hydrogen-bond acceptors (Lipinski definition) is 5. The minimum absolute atomic E-state index is 0.00515. The molecule has 0 saturated carbocycles. The molecule has 1 saturated heterocycles. The van der Waals surface area contributed by atoms with Gasteiger partial charge in [0.2, 0.25) is 5.88 Å². The van der Waals surface area contributed by atoms with E-state index < -0.39 is 0 Å². The summed E-state index contributed by atoms with van der Waals surface area (Å²) in [4.78, 5) is 24.7. The second-order valence-corrected chi connectivity index (χ2v) is 6.11. The fourth-order valence-electron chi connectivity index (χ4n) is 2.66. The molecule has 2 rings (SSSR count). The van der Waals surface area contributed by atoms with Crippen LogP contribution in [0.4, 0.5) is 0 Å². The second kappa shape index (κ2) is 8.62. The number of carbonyl (C=O) groups excluding carboxylic acids is 1. The molecule has 0 aromatic carbocycles. The summed E-state index contributed by atoms with van der Waals surface area (Å²) < 4.78 is 5.95. The first-order chi connectivity index (χ1) is 11.1. The molecule has 126 valence electrons. The summed E-state index contributed by atoms with van der Waals surface area (Å²) >= 11 is 0. The molecule has 0 spiro atoms. The highest BCUT2D eigenvalue weighted by Gasteiger charge is 2.21. The Balaban J connectivity index is 2.04. The highest BCUT2D eigenvalue weighted by molar-refractivity contribution is 5.92. The summed E-state index contributed by atoms with van der Waals surface area (Å²) in [5, 5.41) is 0. The molecule has 0 N–H and O–H groups in total. The molecule has 23 heavy (non-hydrogen) atoms. The lowest BCUT2D eigenvalue weighted by Crippen LogP contribution is -2.31. The molecule has 1 aliphatic rings. The quantitative estimate of drug-likeness (QED) is 0.686. The number of rotatable bonds is 8. The third-order valence-electron chi connectivity index (χ3n) is 3.77. The van der Waals surface area contributed by atoms with Gasteiger partial charge in [-0.05, 0) is 39.8 Å². The number of likely N-dealkylation sites (tertiary alicyclic amines) is 1. The van der Waals surface area contributed by atoms with Gasteiger partial charge >= 0.3 is 0 Å². The van der Waals surface area contributed by atoms with Gasteiger partial charge in [0.15, 0.2) is 5.69 Å². The molecular formula is C17H26N4O2. The minimum Gasteiger partial charge on any atom is -0.472 e. The smallest absolute Gasteiger partial charge is 0.274 e. The van der Waals surface area contributed by atoms with Crippen molar-refractivity contribution in [2.75, 3.05) is 33.7 Å². The Hall–Kier alpha value is -1.95. The Kier molecular flexibility index (Phi) is 6.52. The average molecular weight is 318 g/mol. The number of nitrogens with zero attached hydrogens (tertiary/aromatic N) is 4. The third kappa shape index (κ3) is 5.32. The SMILES string of the molecule is C=CCC[C@H](CN(C)C)Oc1cncc(C(=O)N2CCCC2)n1. The van der Waals surface area contributed by atoms with Gasteiger partial charge < -0.3 is 14.5 Å². The topological polar surface area (TPSA) is 58.6 Å².